The Morgan fingerprint density at radius 2 is 1.91 bits per heavy atom. The minimum absolute atomic E-state index is 0.0515. The van der Waals surface area contributed by atoms with Gasteiger partial charge in [0.25, 0.3) is 0 Å². The topological polar surface area (TPSA) is 33.2 Å². The van der Waals surface area contributed by atoms with E-state index in [0.717, 1.165) is 28.5 Å². The van der Waals surface area contributed by atoms with Gasteiger partial charge in [0.2, 0.25) is 5.91 Å². The number of amides is 1. The van der Waals surface area contributed by atoms with Crippen LogP contribution >= 0.6 is 23.5 Å². The van der Waals surface area contributed by atoms with E-state index in [4.69, 9.17) is 0 Å². The van der Waals surface area contributed by atoms with Crippen molar-refractivity contribution in [3.63, 3.8) is 0 Å². The predicted molar refractivity (Wildman–Crippen MR) is 95.4 cm³/mol. The molecule has 1 aliphatic heterocycles. The third-order valence-electron chi connectivity index (χ3n) is 3.52. The van der Waals surface area contributed by atoms with E-state index in [0.29, 0.717) is 6.54 Å². The molecule has 114 valence electrons. The summed E-state index contributed by atoms with van der Waals surface area (Å²) >= 11 is 3.65. The number of benzene rings is 1. The van der Waals surface area contributed by atoms with Crippen molar-refractivity contribution in [1.29, 1.82) is 0 Å². The number of hydrogen-bond donors (Lipinski definition) is 0. The van der Waals surface area contributed by atoms with Crippen LogP contribution < -0.4 is 4.90 Å². The van der Waals surface area contributed by atoms with Gasteiger partial charge in [-0.3, -0.25) is 9.78 Å². The minimum atomic E-state index is 0.0515. The molecule has 3 rings (SSSR count). The Morgan fingerprint density at radius 1 is 1.14 bits per heavy atom. The lowest BCUT2D eigenvalue weighted by Crippen LogP contribution is -2.40. The number of aromatic nitrogens is 1. The van der Waals surface area contributed by atoms with Crippen molar-refractivity contribution < 1.29 is 4.79 Å². The quantitative estimate of drug-likeness (QED) is 0.859. The summed E-state index contributed by atoms with van der Waals surface area (Å²) < 4.78 is 0. The summed E-state index contributed by atoms with van der Waals surface area (Å²) in [6.07, 6.45) is 3.48. The molecule has 1 saturated heterocycles. The van der Waals surface area contributed by atoms with Crippen LogP contribution in [0.5, 0.6) is 0 Å². The Labute approximate surface area is 139 Å². The first-order chi connectivity index (χ1) is 10.8. The first-order valence-electron chi connectivity index (χ1n) is 7.29. The number of hydrogen-bond acceptors (Lipinski definition) is 4. The molecule has 1 aliphatic rings. The second-order valence-electron chi connectivity index (χ2n) is 5.05. The fraction of sp³-hybridized carbons (Fsp3) is 0.294. The highest BCUT2D eigenvalue weighted by Gasteiger charge is 2.28. The highest BCUT2D eigenvalue weighted by atomic mass is 32.2. The summed E-state index contributed by atoms with van der Waals surface area (Å²) in [5.41, 5.74) is 2.06. The zero-order chi connectivity index (χ0) is 15.2. The number of rotatable bonds is 4. The Morgan fingerprint density at radius 3 is 2.59 bits per heavy atom. The van der Waals surface area contributed by atoms with E-state index in [1.165, 1.54) is 0 Å². The summed E-state index contributed by atoms with van der Waals surface area (Å²) in [5, 5.41) is 0.0515. The number of nitrogens with zero attached hydrogens (tertiary/aromatic N) is 2. The van der Waals surface area contributed by atoms with Crippen molar-refractivity contribution in [3.05, 3.63) is 60.4 Å². The van der Waals surface area contributed by atoms with Gasteiger partial charge in [0.1, 0.15) is 0 Å². The van der Waals surface area contributed by atoms with Crippen LogP contribution in [-0.2, 0) is 11.3 Å². The third kappa shape index (κ3) is 3.84. The maximum absolute atomic E-state index is 13.0. The highest BCUT2D eigenvalue weighted by Crippen LogP contribution is 2.28. The number of carbonyl (C=O) groups excluding carboxylic acids is 1. The SMILES string of the molecule is O=C([C@@H]1CSCCS1)N(Cc1ccccc1)c1ccncc1. The Balaban J connectivity index is 1.84. The maximum Gasteiger partial charge on any atom is 0.241 e. The summed E-state index contributed by atoms with van der Waals surface area (Å²) in [5.74, 6) is 3.30. The van der Waals surface area contributed by atoms with Crippen LogP contribution in [0.15, 0.2) is 54.9 Å². The fourth-order valence-corrected chi connectivity index (χ4v) is 5.00. The number of anilines is 1. The molecule has 0 bridgehead atoms. The van der Waals surface area contributed by atoms with Crippen molar-refractivity contribution in [2.75, 3.05) is 22.2 Å². The lowest BCUT2D eigenvalue weighted by molar-refractivity contribution is -0.117. The van der Waals surface area contributed by atoms with Crippen molar-refractivity contribution >= 4 is 35.1 Å². The minimum Gasteiger partial charge on any atom is -0.307 e. The van der Waals surface area contributed by atoms with Crippen molar-refractivity contribution in [3.8, 4) is 0 Å². The van der Waals surface area contributed by atoms with Crippen LogP contribution in [0.25, 0.3) is 0 Å². The lowest BCUT2D eigenvalue weighted by atomic mass is 10.2. The van der Waals surface area contributed by atoms with Gasteiger partial charge in [-0.25, -0.2) is 0 Å². The molecule has 0 aliphatic carbocycles. The highest BCUT2D eigenvalue weighted by molar-refractivity contribution is 8.07. The van der Waals surface area contributed by atoms with Gasteiger partial charge in [-0.1, -0.05) is 30.3 Å². The molecule has 0 spiro atoms. The van der Waals surface area contributed by atoms with Gasteiger partial charge in [-0.15, -0.1) is 11.8 Å². The van der Waals surface area contributed by atoms with E-state index < -0.39 is 0 Å². The monoisotopic (exact) mass is 330 g/mol. The molecule has 1 aromatic heterocycles. The normalized spacial score (nSPS) is 17.9. The van der Waals surface area contributed by atoms with Crippen LogP contribution in [0.4, 0.5) is 5.69 Å². The Bertz CT molecular complexity index is 601. The molecule has 22 heavy (non-hydrogen) atoms. The third-order valence-corrected chi connectivity index (χ3v) is 6.26. The van der Waals surface area contributed by atoms with Gasteiger partial charge in [-0.2, -0.15) is 11.8 Å². The molecular weight excluding hydrogens is 312 g/mol. The average molecular weight is 330 g/mol. The van der Waals surface area contributed by atoms with E-state index in [1.807, 2.05) is 47.0 Å². The molecule has 2 aromatic rings. The van der Waals surface area contributed by atoms with Gasteiger partial charge in [0.05, 0.1) is 11.8 Å². The Hall–Kier alpha value is -1.46. The van der Waals surface area contributed by atoms with E-state index in [9.17, 15) is 4.79 Å². The summed E-state index contributed by atoms with van der Waals surface area (Å²) in [4.78, 5) is 18.9. The van der Waals surface area contributed by atoms with E-state index in [2.05, 4.69) is 17.1 Å². The number of pyridine rings is 1. The molecule has 1 atom stereocenters. The van der Waals surface area contributed by atoms with Gasteiger partial charge in [0.15, 0.2) is 0 Å². The maximum atomic E-state index is 13.0. The van der Waals surface area contributed by atoms with E-state index in [-0.39, 0.29) is 11.2 Å². The fourth-order valence-electron chi connectivity index (χ4n) is 2.39. The number of carbonyl (C=O) groups is 1. The smallest absolute Gasteiger partial charge is 0.241 e. The molecule has 1 amide bonds. The molecular formula is C17H18N2OS2. The summed E-state index contributed by atoms with van der Waals surface area (Å²) in [6.45, 7) is 0.603. The zero-order valence-corrected chi connectivity index (χ0v) is 13.9. The molecule has 1 fully saturated rings. The zero-order valence-electron chi connectivity index (χ0n) is 12.2. The molecule has 5 heteroatoms. The standard InChI is InChI=1S/C17H18N2OS2/c20-17(16-13-21-10-11-22-16)19(15-6-8-18-9-7-15)12-14-4-2-1-3-5-14/h1-9,16H,10-13H2/t16-/m0/s1. The largest absolute Gasteiger partial charge is 0.307 e. The lowest BCUT2D eigenvalue weighted by Gasteiger charge is -2.29. The van der Waals surface area contributed by atoms with Crippen LogP contribution in [-0.4, -0.2) is 33.4 Å². The van der Waals surface area contributed by atoms with Gasteiger partial charge < -0.3 is 4.90 Å². The van der Waals surface area contributed by atoms with Crippen LogP contribution in [0.1, 0.15) is 5.56 Å². The molecule has 0 unspecified atom stereocenters. The molecule has 1 aromatic carbocycles. The van der Waals surface area contributed by atoms with Crippen LogP contribution in [0, 0.1) is 0 Å². The van der Waals surface area contributed by atoms with Crippen molar-refractivity contribution in [2.24, 2.45) is 0 Å². The molecule has 2 heterocycles. The van der Waals surface area contributed by atoms with Gasteiger partial charge in [-0.05, 0) is 17.7 Å². The summed E-state index contributed by atoms with van der Waals surface area (Å²) in [6, 6.07) is 13.9. The predicted octanol–water partition coefficient (Wildman–Crippen LogP) is 3.46. The van der Waals surface area contributed by atoms with Gasteiger partial charge in [0, 0.05) is 35.3 Å². The van der Waals surface area contributed by atoms with Crippen molar-refractivity contribution in [2.45, 2.75) is 11.8 Å². The van der Waals surface area contributed by atoms with E-state index in [1.54, 1.807) is 24.2 Å². The first kappa shape index (κ1) is 15.4. The number of thioether (sulfide) groups is 2. The molecule has 0 N–H and O–H groups in total. The van der Waals surface area contributed by atoms with E-state index >= 15 is 0 Å². The van der Waals surface area contributed by atoms with Crippen LogP contribution in [0.2, 0.25) is 0 Å². The Kier molecular flexibility index (Phi) is 5.40. The first-order valence-corrected chi connectivity index (χ1v) is 9.49. The summed E-state index contributed by atoms with van der Waals surface area (Å²) in [7, 11) is 0. The molecule has 3 nitrogen and oxygen atoms in total. The van der Waals surface area contributed by atoms with Crippen molar-refractivity contribution in [1.82, 2.24) is 4.98 Å². The second kappa shape index (κ2) is 7.70. The molecule has 0 radical (unpaired) electrons. The average Bonchev–Trinajstić information content (AvgIpc) is 2.61. The van der Waals surface area contributed by atoms with Crippen LogP contribution in [0.3, 0.4) is 0 Å². The second-order valence-corrected chi connectivity index (χ2v) is 7.51. The molecule has 0 saturated carbocycles. The van der Waals surface area contributed by atoms with Gasteiger partial charge >= 0.3 is 0 Å².